The van der Waals surface area contributed by atoms with Crippen molar-refractivity contribution in [1.82, 2.24) is 5.32 Å². The molecule has 0 atom stereocenters. The highest BCUT2D eigenvalue weighted by Crippen LogP contribution is 2.21. The van der Waals surface area contributed by atoms with Crippen molar-refractivity contribution in [2.24, 2.45) is 0 Å². The second-order valence-corrected chi connectivity index (χ2v) is 5.29. The fraction of sp³-hybridized carbons (Fsp3) is 0.125. The summed E-state index contributed by atoms with van der Waals surface area (Å²) in [6.45, 7) is 2.01. The highest BCUT2D eigenvalue weighted by molar-refractivity contribution is 7.80. The lowest BCUT2D eigenvalue weighted by Crippen LogP contribution is -2.34. The first kappa shape index (κ1) is 17.5. The highest BCUT2D eigenvalue weighted by atomic mass is 32.1. The van der Waals surface area contributed by atoms with Gasteiger partial charge >= 0.3 is 5.69 Å². The van der Waals surface area contributed by atoms with Crippen molar-refractivity contribution in [1.29, 1.82) is 0 Å². The normalized spacial score (nSPS) is 10.1. The molecule has 2 rings (SSSR count). The van der Waals surface area contributed by atoms with E-state index in [1.807, 2.05) is 19.1 Å². The Labute approximate surface area is 142 Å². The van der Waals surface area contributed by atoms with E-state index in [2.05, 4.69) is 10.6 Å². The molecular weight excluding hydrogens is 333 g/mol. The summed E-state index contributed by atoms with van der Waals surface area (Å²) in [6.07, 6.45) is 0.866. The molecule has 0 aliphatic carbocycles. The van der Waals surface area contributed by atoms with Crippen molar-refractivity contribution < 1.29 is 14.1 Å². The topological polar surface area (TPSA) is 84.3 Å². The van der Waals surface area contributed by atoms with Gasteiger partial charge in [0.15, 0.2) is 5.11 Å². The van der Waals surface area contributed by atoms with E-state index in [4.69, 9.17) is 12.2 Å². The van der Waals surface area contributed by atoms with E-state index < -0.39 is 22.3 Å². The van der Waals surface area contributed by atoms with Crippen molar-refractivity contribution in [2.45, 2.75) is 13.3 Å². The number of rotatable bonds is 4. The Balaban J connectivity index is 2.03. The molecule has 2 aromatic rings. The zero-order valence-corrected chi connectivity index (χ0v) is 13.5. The Kier molecular flexibility index (Phi) is 5.54. The molecule has 6 nitrogen and oxygen atoms in total. The summed E-state index contributed by atoms with van der Waals surface area (Å²) in [5.41, 5.74) is 1.06. The monoisotopic (exact) mass is 347 g/mol. The SMILES string of the molecule is CCc1ccc(C(=O)NC(=S)Nc2ccc(F)c([N+](=O)[O-])c2)cc1. The minimum atomic E-state index is -0.948. The van der Waals surface area contributed by atoms with Crippen LogP contribution in [0.1, 0.15) is 22.8 Å². The van der Waals surface area contributed by atoms with Gasteiger partial charge in [0.1, 0.15) is 0 Å². The number of anilines is 1. The van der Waals surface area contributed by atoms with Gasteiger partial charge < -0.3 is 5.32 Å². The molecular formula is C16H14FN3O3S. The molecule has 2 aromatic carbocycles. The van der Waals surface area contributed by atoms with Crippen LogP contribution in [0.3, 0.4) is 0 Å². The Morgan fingerprint density at radius 1 is 1.25 bits per heavy atom. The van der Waals surface area contributed by atoms with Crippen LogP contribution < -0.4 is 10.6 Å². The van der Waals surface area contributed by atoms with Gasteiger partial charge in [-0.3, -0.25) is 20.2 Å². The van der Waals surface area contributed by atoms with Crippen molar-refractivity contribution in [2.75, 3.05) is 5.32 Å². The lowest BCUT2D eigenvalue weighted by atomic mass is 10.1. The molecule has 124 valence electrons. The van der Waals surface area contributed by atoms with Gasteiger partial charge in [0.05, 0.1) is 4.92 Å². The highest BCUT2D eigenvalue weighted by Gasteiger charge is 2.15. The molecule has 2 N–H and O–H groups in total. The standard InChI is InChI=1S/C16H14FN3O3S/c1-2-10-3-5-11(6-4-10)15(21)19-16(24)18-12-7-8-13(17)14(9-12)20(22)23/h3-9H,2H2,1H3,(H2,18,19,21,24). The van der Waals surface area contributed by atoms with Crippen LogP contribution in [-0.4, -0.2) is 15.9 Å². The van der Waals surface area contributed by atoms with E-state index in [0.717, 1.165) is 24.1 Å². The zero-order chi connectivity index (χ0) is 17.7. The Hall–Kier alpha value is -2.87. The van der Waals surface area contributed by atoms with Gasteiger partial charge in [0, 0.05) is 17.3 Å². The van der Waals surface area contributed by atoms with Gasteiger partial charge in [-0.05, 0) is 48.5 Å². The molecule has 8 heteroatoms. The molecule has 0 heterocycles. The molecule has 0 radical (unpaired) electrons. The van der Waals surface area contributed by atoms with Gasteiger partial charge in [-0.1, -0.05) is 19.1 Å². The van der Waals surface area contributed by atoms with E-state index >= 15 is 0 Å². The minimum absolute atomic E-state index is 0.0412. The molecule has 1 amide bonds. The molecule has 0 saturated carbocycles. The maximum absolute atomic E-state index is 13.3. The molecule has 0 saturated heterocycles. The second kappa shape index (κ2) is 7.60. The van der Waals surface area contributed by atoms with Crippen LogP contribution in [0.25, 0.3) is 0 Å². The van der Waals surface area contributed by atoms with E-state index in [1.54, 1.807) is 12.1 Å². The van der Waals surface area contributed by atoms with Crippen LogP contribution in [0.2, 0.25) is 0 Å². The molecule has 0 aliphatic heterocycles. The summed E-state index contributed by atoms with van der Waals surface area (Å²) in [5.74, 6) is -1.36. The number of nitro groups is 1. The van der Waals surface area contributed by atoms with E-state index in [0.29, 0.717) is 5.56 Å². The van der Waals surface area contributed by atoms with Gasteiger partial charge in [0.25, 0.3) is 5.91 Å². The maximum Gasteiger partial charge on any atom is 0.306 e. The summed E-state index contributed by atoms with van der Waals surface area (Å²) in [5, 5.41) is 15.7. The first-order valence-electron chi connectivity index (χ1n) is 7.06. The van der Waals surface area contributed by atoms with Crippen LogP contribution >= 0.6 is 12.2 Å². The summed E-state index contributed by atoms with van der Waals surface area (Å²) in [6, 6.07) is 10.3. The van der Waals surface area contributed by atoms with Crippen molar-refractivity contribution in [3.63, 3.8) is 0 Å². The quantitative estimate of drug-likeness (QED) is 0.503. The number of amides is 1. The summed E-state index contributed by atoms with van der Waals surface area (Å²) < 4.78 is 13.3. The molecule has 0 bridgehead atoms. The number of hydrogen-bond donors (Lipinski definition) is 2. The predicted molar refractivity (Wildman–Crippen MR) is 92.6 cm³/mol. The summed E-state index contributed by atoms with van der Waals surface area (Å²) >= 11 is 5.00. The van der Waals surface area contributed by atoms with E-state index in [-0.39, 0.29) is 10.8 Å². The number of halogens is 1. The molecule has 0 aliphatic rings. The fourth-order valence-electron chi connectivity index (χ4n) is 1.96. The van der Waals surface area contributed by atoms with Crippen molar-refractivity contribution >= 4 is 34.6 Å². The number of aryl methyl sites for hydroxylation is 1. The number of nitrogens with one attached hydrogen (secondary N) is 2. The van der Waals surface area contributed by atoms with E-state index in [1.165, 1.54) is 6.07 Å². The fourth-order valence-corrected chi connectivity index (χ4v) is 2.17. The average Bonchev–Trinajstić information content (AvgIpc) is 2.56. The number of carbonyl (C=O) groups is 1. The van der Waals surface area contributed by atoms with Crippen LogP contribution in [0.4, 0.5) is 15.8 Å². The lowest BCUT2D eigenvalue weighted by molar-refractivity contribution is -0.387. The average molecular weight is 347 g/mol. The first-order chi connectivity index (χ1) is 11.4. The van der Waals surface area contributed by atoms with Gasteiger partial charge in [-0.15, -0.1) is 0 Å². The van der Waals surface area contributed by atoms with Crippen LogP contribution in [0.15, 0.2) is 42.5 Å². The first-order valence-corrected chi connectivity index (χ1v) is 7.46. The number of hydrogen-bond acceptors (Lipinski definition) is 4. The molecule has 0 fully saturated rings. The van der Waals surface area contributed by atoms with Crippen LogP contribution in [0.5, 0.6) is 0 Å². The van der Waals surface area contributed by atoms with Crippen molar-refractivity contribution in [3.05, 3.63) is 69.5 Å². The van der Waals surface area contributed by atoms with Gasteiger partial charge in [0.2, 0.25) is 5.82 Å². The maximum atomic E-state index is 13.3. The molecule has 0 spiro atoms. The van der Waals surface area contributed by atoms with Crippen LogP contribution in [0, 0.1) is 15.9 Å². The molecule has 0 aromatic heterocycles. The minimum Gasteiger partial charge on any atom is -0.332 e. The van der Waals surface area contributed by atoms with Gasteiger partial charge in [-0.25, -0.2) is 0 Å². The third-order valence-corrected chi connectivity index (χ3v) is 3.46. The summed E-state index contributed by atoms with van der Waals surface area (Å²) in [7, 11) is 0. The van der Waals surface area contributed by atoms with Crippen LogP contribution in [-0.2, 0) is 6.42 Å². The Morgan fingerprint density at radius 3 is 2.50 bits per heavy atom. The number of nitro benzene ring substituents is 1. The van der Waals surface area contributed by atoms with E-state index in [9.17, 15) is 19.3 Å². The molecule has 24 heavy (non-hydrogen) atoms. The molecule has 0 unspecified atom stereocenters. The van der Waals surface area contributed by atoms with Crippen molar-refractivity contribution in [3.8, 4) is 0 Å². The number of thiocarbonyl (C=S) groups is 1. The third kappa shape index (κ3) is 4.32. The second-order valence-electron chi connectivity index (χ2n) is 4.88. The Bertz CT molecular complexity index is 794. The number of nitrogens with zero attached hydrogens (tertiary/aromatic N) is 1. The number of carbonyl (C=O) groups excluding carboxylic acids is 1. The lowest BCUT2D eigenvalue weighted by Gasteiger charge is -2.10. The Morgan fingerprint density at radius 2 is 1.92 bits per heavy atom. The van der Waals surface area contributed by atoms with Gasteiger partial charge in [-0.2, -0.15) is 4.39 Å². The largest absolute Gasteiger partial charge is 0.332 e. The zero-order valence-electron chi connectivity index (χ0n) is 12.7. The summed E-state index contributed by atoms with van der Waals surface area (Å²) in [4.78, 5) is 21.9. The third-order valence-electron chi connectivity index (χ3n) is 3.25. The predicted octanol–water partition coefficient (Wildman–Crippen LogP) is 3.42. The smallest absolute Gasteiger partial charge is 0.306 e. The number of benzene rings is 2.